The number of nitrogens with zero attached hydrogens (tertiary/aromatic N) is 2. The first kappa shape index (κ1) is 17.8. The summed E-state index contributed by atoms with van der Waals surface area (Å²) in [6.07, 6.45) is -0.863. The molecule has 2 amide bonds. The number of hydrogen-bond donors (Lipinski definition) is 1. The lowest BCUT2D eigenvalue weighted by Crippen LogP contribution is -2.36. The number of carbonyl (C=O) groups excluding carboxylic acids is 2. The summed E-state index contributed by atoms with van der Waals surface area (Å²) in [6.45, 7) is 4.18. The topological polar surface area (TPSA) is 71.1 Å². The molecule has 0 bridgehead atoms. The molecule has 1 aromatic carbocycles. The molecule has 2 aliphatic rings. The summed E-state index contributed by atoms with van der Waals surface area (Å²) >= 11 is 1.19. The molecule has 2 aliphatic heterocycles. The first-order valence-electron chi connectivity index (χ1n) is 8.03. The molecule has 7 nitrogen and oxygen atoms in total. The van der Waals surface area contributed by atoms with Crippen LogP contribution >= 0.6 is 11.9 Å². The summed E-state index contributed by atoms with van der Waals surface area (Å²) < 4.78 is 27.6. The molecule has 1 atom stereocenters. The van der Waals surface area contributed by atoms with Crippen LogP contribution in [0.1, 0.15) is 6.92 Å². The predicted molar refractivity (Wildman–Crippen MR) is 93.3 cm³/mol. The Bertz CT molecular complexity index is 654. The number of cyclic esters (lactones) is 1. The Morgan fingerprint density at radius 2 is 2.16 bits per heavy atom. The third-order valence-electron chi connectivity index (χ3n) is 3.95. The molecule has 2 fully saturated rings. The van der Waals surface area contributed by atoms with Crippen molar-refractivity contribution in [2.75, 3.05) is 48.4 Å². The van der Waals surface area contributed by atoms with Crippen molar-refractivity contribution in [1.29, 1.82) is 0 Å². The van der Waals surface area contributed by atoms with Gasteiger partial charge in [0.15, 0.2) is 0 Å². The molecule has 0 aromatic heterocycles. The molecule has 9 heteroatoms. The van der Waals surface area contributed by atoms with Crippen molar-refractivity contribution in [3.8, 4) is 0 Å². The molecule has 1 N–H and O–H groups in total. The molecule has 25 heavy (non-hydrogen) atoms. The quantitative estimate of drug-likeness (QED) is 0.798. The molecule has 0 aliphatic carbocycles. The second kappa shape index (κ2) is 7.92. The first-order chi connectivity index (χ1) is 12.0. The number of halogens is 1. The third kappa shape index (κ3) is 4.35. The van der Waals surface area contributed by atoms with E-state index in [2.05, 4.69) is 4.72 Å². The number of benzene rings is 1. The monoisotopic (exact) mass is 369 g/mol. The summed E-state index contributed by atoms with van der Waals surface area (Å²) in [5, 5.41) is 0. The van der Waals surface area contributed by atoms with Crippen LogP contribution < -0.4 is 14.5 Å². The zero-order valence-electron chi connectivity index (χ0n) is 13.9. The van der Waals surface area contributed by atoms with Gasteiger partial charge in [0, 0.05) is 20.0 Å². The van der Waals surface area contributed by atoms with Gasteiger partial charge in [-0.3, -0.25) is 9.69 Å². The van der Waals surface area contributed by atoms with E-state index in [4.69, 9.17) is 9.47 Å². The van der Waals surface area contributed by atoms with Crippen LogP contribution in [0.25, 0.3) is 0 Å². The second-order valence-electron chi connectivity index (χ2n) is 5.82. The van der Waals surface area contributed by atoms with Crippen molar-refractivity contribution in [3.05, 3.63) is 24.0 Å². The van der Waals surface area contributed by atoms with Gasteiger partial charge in [-0.2, -0.15) is 0 Å². The summed E-state index contributed by atoms with van der Waals surface area (Å²) in [5.74, 6) is -0.0916. The molecule has 0 spiro atoms. The zero-order valence-corrected chi connectivity index (χ0v) is 14.7. The lowest BCUT2D eigenvalue weighted by molar-refractivity contribution is -0.117. The second-order valence-corrected chi connectivity index (χ2v) is 6.65. The molecule has 1 aromatic rings. The minimum absolute atomic E-state index is 0.160. The van der Waals surface area contributed by atoms with Crippen molar-refractivity contribution in [2.45, 2.75) is 13.0 Å². The summed E-state index contributed by atoms with van der Waals surface area (Å²) in [7, 11) is 0. The van der Waals surface area contributed by atoms with Gasteiger partial charge in [-0.05, 0) is 30.1 Å². The van der Waals surface area contributed by atoms with Crippen LogP contribution in [0.4, 0.5) is 20.6 Å². The van der Waals surface area contributed by atoms with E-state index < -0.39 is 6.09 Å². The van der Waals surface area contributed by atoms with E-state index in [0.29, 0.717) is 50.0 Å². The fourth-order valence-electron chi connectivity index (χ4n) is 2.78. The van der Waals surface area contributed by atoms with Crippen LogP contribution in [0.3, 0.4) is 0 Å². The van der Waals surface area contributed by atoms with Crippen LogP contribution in [0, 0.1) is 5.82 Å². The number of amides is 2. The van der Waals surface area contributed by atoms with Crippen LogP contribution in [0.15, 0.2) is 18.2 Å². The Hall–Kier alpha value is -2.00. The highest BCUT2D eigenvalue weighted by atomic mass is 32.2. The van der Waals surface area contributed by atoms with Crippen molar-refractivity contribution in [1.82, 2.24) is 4.72 Å². The molecule has 0 saturated carbocycles. The van der Waals surface area contributed by atoms with E-state index in [0.717, 1.165) is 0 Å². The van der Waals surface area contributed by atoms with E-state index in [9.17, 15) is 14.0 Å². The van der Waals surface area contributed by atoms with Crippen molar-refractivity contribution >= 4 is 35.3 Å². The summed E-state index contributed by atoms with van der Waals surface area (Å²) in [6, 6.07) is 4.76. The number of hydrogen-bond acceptors (Lipinski definition) is 6. The van der Waals surface area contributed by atoms with Gasteiger partial charge in [-0.25, -0.2) is 9.18 Å². The van der Waals surface area contributed by atoms with E-state index in [-0.39, 0.29) is 17.8 Å². The smallest absolute Gasteiger partial charge is 0.414 e. The molecular formula is C16H20FN3O4S. The lowest BCUT2D eigenvalue weighted by Gasteiger charge is -2.29. The maximum Gasteiger partial charge on any atom is 0.414 e. The first-order valence-corrected chi connectivity index (χ1v) is 9.02. The van der Waals surface area contributed by atoms with E-state index in [1.54, 1.807) is 12.1 Å². The number of ether oxygens (including phenoxy) is 2. The minimum atomic E-state index is -0.507. The Morgan fingerprint density at radius 1 is 1.40 bits per heavy atom. The molecule has 0 radical (unpaired) electrons. The minimum Gasteiger partial charge on any atom is -0.443 e. The average molecular weight is 369 g/mol. The number of morpholine rings is 1. The lowest BCUT2D eigenvalue weighted by atomic mass is 10.2. The summed E-state index contributed by atoms with van der Waals surface area (Å²) in [5.41, 5.74) is 0.976. The van der Waals surface area contributed by atoms with E-state index in [1.807, 2.05) is 4.90 Å². The maximum atomic E-state index is 14.5. The molecular weight excluding hydrogens is 349 g/mol. The normalized spacial score (nSPS) is 20.6. The number of rotatable bonds is 5. The highest BCUT2D eigenvalue weighted by molar-refractivity contribution is 7.97. The standard InChI is InChI=1S/C16H20FN3O4S/c1-11(21)18-25-10-13-9-20(16(22)24-13)12-2-3-15(14(17)8-12)19-4-6-23-7-5-19/h2-3,8,13H,4-7,9-10H2,1H3,(H,18,21)/t13-/m0/s1. The van der Waals surface area contributed by atoms with Gasteiger partial charge in [-0.1, -0.05) is 0 Å². The highest BCUT2D eigenvalue weighted by Gasteiger charge is 2.33. The number of anilines is 2. The van der Waals surface area contributed by atoms with Gasteiger partial charge < -0.3 is 19.1 Å². The Labute approximate surface area is 149 Å². The summed E-state index contributed by atoms with van der Waals surface area (Å²) in [4.78, 5) is 26.2. The molecule has 2 saturated heterocycles. The molecule has 136 valence electrons. The van der Waals surface area contributed by atoms with Gasteiger partial charge in [-0.15, -0.1) is 0 Å². The zero-order chi connectivity index (χ0) is 17.8. The van der Waals surface area contributed by atoms with Crippen molar-refractivity contribution < 1.29 is 23.5 Å². The third-order valence-corrected chi connectivity index (χ3v) is 4.92. The number of nitrogens with one attached hydrogen (secondary N) is 1. The van der Waals surface area contributed by atoms with E-state index >= 15 is 0 Å². The Morgan fingerprint density at radius 3 is 2.84 bits per heavy atom. The molecule has 2 heterocycles. The molecule has 0 unspecified atom stereocenters. The van der Waals surface area contributed by atoms with Gasteiger partial charge >= 0.3 is 6.09 Å². The van der Waals surface area contributed by atoms with Gasteiger partial charge in [0.05, 0.1) is 36.9 Å². The Balaban J connectivity index is 1.64. The van der Waals surface area contributed by atoms with Crippen LogP contribution in [-0.2, 0) is 14.3 Å². The Kier molecular flexibility index (Phi) is 5.64. The van der Waals surface area contributed by atoms with Crippen LogP contribution in [-0.4, -0.2) is 56.7 Å². The predicted octanol–water partition coefficient (Wildman–Crippen LogP) is 1.77. The SMILES string of the molecule is CC(=O)NSC[C@@H]1CN(c2ccc(N3CCOCC3)c(F)c2)C(=O)O1. The largest absolute Gasteiger partial charge is 0.443 e. The highest BCUT2D eigenvalue weighted by Crippen LogP contribution is 2.28. The number of carbonyl (C=O) groups is 2. The van der Waals surface area contributed by atoms with Gasteiger partial charge in [0.2, 0.25) is 5.91 Å². The van der Waals surface area contributed by atoms with E-state index in [1.165, 1.54) is 29.8 Å². The van der Waals surface area contributed by atoms with Crippen LogP contribution in [0.5, 0.6) is 0 Å². The fourth-order valence-corrected chi connectivity index (χ4v) is 3.43. The average Bonchev–Trinajstić information content (AvgIpc) is 2.96. The molecule has 3 rings (SSSR count). The fraction of sp³-hybridized carbons (Fsp3) is 0.500. The van der Waals surface area contributed by atoms with Gasteiger partial charge in [0.1, 0.15) is 11.9 Å². The van der Waals surface area contributed by atoms with Crippen molar-refractivity contribution in [3.63, 3.8) is 0 Å². The maximum absolute atomic E-state index is 14.5. The van der Waals surface area contributed by atoms with Crippen LogP contribution in [0.2, 0.25) is 0 Å². The van der Waals surface area contributed by atoms with Crippen molar-refractivity contribution in [2.24, 2.45) is 0 Å². The van der Waals surface area contributed by atoms with Gasteiger partial charge in [0.25, 0.3) is 0 Å².